The zero-order valence-electron chi connectivity index (χ0n) is 13.9. The fourth-order valence-electron chi connectivity index (χ4n) is 3.03. The average molecular weight is 346 g/mol. The van der Waals surface area contributed by atoms with Crippen molar-refractivity contribution in [3.05, 3.63) is 54.1 Å². The monoisotopic (exact) mass is 346 g/mol. The van der Waals surface area contributed by atoms with Gasteiger partial charge in [-0.15, -0.1) is 0 Å². The first-order valence-electron chi connectivity index (χ1n) is 8.01. The van der Waals surface area contributed by atoms with E-state index in [-0.39, 0.29) is 11.8 Å². The van der Waals surface area contributed by atoms with E-state index in [1.54, 1.807) is 7.11 Å². The largest absolute Gasteiger partial charge is 0.496 e. The van der Waals surface area contributed by atoms with Crippen LogP contribution >= 0.6 is 0 Å². The lowest BCUT2D eigenvalue weighted by Gasteiger charge is -2.21. The van der Waals surface area contributed by atoms with Gasteiger partial charge in [-0.3, -0.25) is 4.31 Å². The molecular formula is C18H22N2O3S. The fourth-order valence-corrected chi connectivity index (χ4v) is 4.59. The first-order chi connectivity index (χ1) is 11.5. The van der Waals surface area contributed by atoms with Gasteiger partial charge in [-0.05, 0) is 37.6 Å². The number of rotatable bonds is 5. The molecule has 1 atom stereocenters. The SMILES string of the molecule is COc1ccccc1C(C)Nc1cccc(N2CCCS2(=O)=O)c1. The molecule has 0 saturated carbocycles. The third kappa shape index (κ3) is 3.33. The van der Waals surface area contributed by atoms with Crippen LogP contribution < -0.4 is 14.4 Å². The van der Waals surface area contributed by atoms with Gasteiger partial charge in [0.15, 0.2) is 0 Å². The van der Waals surface area contributed by atoms with Crippen LogP contribution in [0.5, 0.6) is 5.75 Å². The van der Waals surface area contributed by atoms with Crippen molar-refractivity contribution in [2.45, 2.75) is 19.4 Å². The lowest BCUT2D eigenvalue weighted by molar-refractivity contribution is 0.408. The topological polar surface area (TPSA) is 58.6 Å². The molecule has 2 aromatic rings. The van der Waals surface area contributed by atoms with Gasteiger partial charge in [-0.2, -0.15) is 0 Å². The number of sulfonamides is 1. The van der Waals surface area contributed by atoms with Crippen molar-refractivity contribution in [3.63, 3.8) is 0 Å². The van der Waals surface area contributed by atoms with Crippen molar-refractivity contribution < 1.29 is 13.2 Å². The van der Waals surface area contributed by atoms with Gasteiger partial charge < -0.3 is 10.1 Å². The van der Waals surface area contributed by atoms with Gasteiger partial charge in [0.2, 0.25) is 10.0 Å². The number of methoxy groups -OCH3 is 1. The Hall–Kier alpha value is -2.21. The zero-order valence-corrected chi connectivity index (χ0v) is 14.7. The summed E-state index contributed by atoms with van der Waals surface area (Å²) in [6.45, 7) is 2.60. The second-order valence-electron chi connectivity index (χ2n) is 5.90. The maximum absolute atomic E-state index is 12.1. The molecule has 5 nitrogen and oxygen atoms in total. The summed E-state index contributed by atoms with van der Waals surface area (Å²) in [4.78, 5) is 0. The highest BCUT2D eigenvalue weighted by molar-refractivity contribution is 7.93. The number of hydrogen-bond donors (Lipinski definition) is 1. The molecule has 0 aromatic heterocycles. The maximum Gasteiger partial charge on any atom is 0.235 e. The molecule has 2 aromatic carbocycles. The van der Waals surface area contributed by atoms with E-state index in [2.05, 4.69) is 12.2 Å². The highest BCUT2D eigenvalue weighted by Gasteiger charge is 2.28. The summed E-state index contributed by atoms with van der Waals surface area (Å²) in [7, 11) is -1.51. The molecule has 1 saturated heterocycles. The molecule has 24 heavy (non-hydrogen) atoms. The molecule has 3 rings (SSSR count). The number of ether oxygens (including phenoxy) is 1. The first-order valence-corrected chi connectivity index (χ1v) is 9.62. The van der Waals surface area contributed by atoms with Crippen LogP contribution in [0.4, 0.5) is 11.4 Å². The van der Waals surface area contributed by atoms with Crippen LogP contribution in [0.2, 0.25) is 0 Å². The lowest BCUT2D eigenvalue weighted by atomic mass is 10.1. The highest BCUT2D eigenvalue weighted by atomic mass is 32.2. The van der Waals surface area contributed by atoms with Crippen molar-refractivity contribution in [3.8, 4) is 5.75 Å². The zero-order chi connectivity index (χ0) is 17.2. The Kier molecular flexibility index (Phi) is 4.66. The smallest absolute Gasteiger partial charge is 0.235 e. The second-order valence-corrected chi connectivity index (χ2v) is 7.91. The Bertz CT molecular complexity index is 821. The first kappa shape index (κ1) is 16.6. The van der Waals surface area contributed by atoms with Crippen molar-refractivity contribution in [2.75, 3.05) is 29.0 Å². The fraction of sp³-hybridized carbons (Fsp3) is 0.333. The third-order valence-electron chi connectivity index (χ3n) is 4.22. The van der Waals surface area contributed by atoms with E-state index in [0.717, 1.165) is 17.0 Å². The van der Waals surface area contributed by atoms with E-state index in [1.807, 2.05) is 48.5 Å². The predicted molar refractivity (Wildman–Crippen MR) is 97.2 cm³/mol. The van der Waals surface area contributed by atoms with Gasteiger partial charge in [0.05, 0.1) is 24.6 Å². The lowest BCUT2D eigenvalue weighted by Crippen LogP contribution is -2.25. The van der Waals surface area contributed by atoms with Crippen LogP contribution in [0.25, 0.3) is 0 Å². The van der Waals surface area contributed by atoms with Crippen LogP contribution in [0.3, 0.4) is 0 Å². The molecule has 0 bridgehead atoms. The molecule has 1 unspecified atom stereocenters. The van der Waals surface area contributed by atoms with Crippen LogP contribution in [-0.4, -0.2) is 27.8 Å². The molecule has 1 N–H and O–H groups in total. The molecule has 0 spiro atoms. The van der Waals surface area contributed by atoms with Crippen LogP contribution in [0.15, 0.2) is 48.5 Å². The summed E-state index contributed by atoms with van der Waals surface area (Å²) in [6, 6.07) is 15.4. The highest BCUT2D eigenvalue weighted by Crippen LogP contribution is 2.30. The van der Waals surface area contributed by atoms with Gasteiger partial charge in [-0.1, -0.05) is 24.3 Å². The Morgan fingerprint density at radius 3 is 2.67 bits per heavy atom. The number of para-hydroxylation sites is 1. The predicted octanol–water partition coefficient (Wildman–Crippen LogP) is 3.41. The minimum atomic E-state index is -3.16. The molecule has 6 heteroatoms. The number of hydrogen-bond acceptors (Lipinski definition) is 4. The second kappa shape index (κ2) is 6.73. The summed E-state index contributed by atoms with van der Waals surface area (Å²) in [5.41, 5.74) is 2.65. The van der Waals surface area contributed by atoms with E-state index < -0.39 is 10.0 Å². The Balaban J connectivity index is 1.82. The van der Waals surface area contributed by atoms with Crippen molar-refractivity contribution in [1.29, 1.82) is 0 Å². The average Bonchev–Trinajstić information content (AvgIpc) is 2.94. The Labute approximate surface area is 143 Å². The van der Waals surface area contributed by atoms with E-state index in [1.165, 1.54) is 4.31 Å². The molecule has 128 valence electrons. The van der Waals surface area contributed by atoms with Gasteiger partial charge in [0, 0.05) is 17.8 Å². The molecule has 0 aliphatic carbocycles. The summed E-state index contributed by atoms with van der Waals surface area (Å²) in [5, 5.41) is 3.42. The van der Waals surface area contributed by atoms with Gasteiger partial charge in [0.1, 0.15) is 5.75 Å². The van der Waals surface area contributed by atoms with Gasteiger partial charge in [-0.25, -0.2) is 8.42 Å². The number of benzene rings is 2. The number of nitrogens with one attached hydrogen (secondary N) is 1. The molecule has 0 radical (unpaired) electrons. The number of anilines is 2. The standard InChI is InChI=1S/C18H22N2O3S/c1-14(17-9-3-4-10-18(17)23-2)19-15-7-5-8-16(13-15)20-11-6-12-24(20,21)22/h3-5,7-10,13-14,19H,6,11-12H2,1-2H3. The van der Waals surface area contributed by atoms with E-state index in [9.17, 15) is 8.42 Å². The van der Waals surface area contributed by atoms with Crippen LogP contribution in [-0.2, 0) is 10.0 Å². The Morgan fingerprint density at radius 2 is 1.96 bits per heavy atom. The van der Waals surface area contributed by atoms with E-state index >= 15 is 0 Å². The summed E-state index contributed by atoms with van der Waals surface area (Å²) in [5.74, 6) is 1.05. The molecular weight excluding hydrogens is 324 g/mol. The van der Waals surface area contributed by atoms with Gasteiger partial charge in [0.25, 0.3) is 0 Å². The number of nitrogens with zero attached hydrogens (tertiary/aromatic N) is 1. The summed E-state index contributed by atoms with van der Waals surface area (Å²) < 4.78 is 31.1. The molecule has 1 fully saturated rings. The van der Waals surface area contributed by atoms with E-state index in [0.29, 0.717) is 18.7 Å². The van der Waals surface area contributed by atoms with Crippen molar-refractivity contribution in [2.24, 2.45) is 0 Å². The van der Waals surface area contributed by atoms with Crippen LogP contribution in [0, 0.1) is 0 Å². The quantitative estimate of drug-likeness (QED) is 0.901. The van der Waals surface area contributed by atoms with Crippen LogP contribution in [0.1, 0.15) is 24.9 Å². The van der Waals surface area contributed by atoms with Gasteiger partial charge >= 0.3 is 0 Å². The van der Waals surface area contributed by atoms with Crippen molar-refractivity contribution >= 4 is 21.4 Å². The summed E-state index contributed by atoms with van der Waals surface area (Å²) in [6.07, 6.45) is 0.678. The molecule has 0 amide bonds. The van der Waals surface area contributed by atoms with E-state index in [4.69, 9.17) is 4.74 Å². The minimum absolute atomic E-state index is 0.0339. The molecule has 1 aliphatic heterocycles. The third-order valence-corrected chi connectivity index (χ3v) is 6.09. The Morgan fingerprint density at radius 1 is 1.17 bits per heavy atom. The molecule has 1 heterocycles. The van der Waals surface area contributed by atoms with Crippen molar-refractivity contribution in [1.82, 2.24) is 0 Å². The normalized spacial score (nSPS) is 17.5. The summed E-state index contributed by atoms with van der Waals surface area (Å²) >= 11 is 0. The molecule has 1 aliphatic rings. The maximum atomic E-state index is 12.1. The minimum Gasteiger partial charge on any atom is -0.496 e.